The molecule has 0 aliphatic carbocycles. The molecule has 7 nitrogen and oxygen atoms in total. The molecule has 2 atom stereocenters. The van der Waals surface area contributed by atoms with Gasteiger partial charge in [-0.05, 0) is 32.4 Å². The largest absolute Gasteiger partial charge is 0.502 e. The quantitative estimate of drug-likeness (QED) is 0.561. The first-order valence-corrected chi connectivity index (χ1v) is 8.45. The molecule has 0 radical (unpaired) electrons. The minimum atomic E-state index is -0.907. The smallest absolute Gasteiger partial charge is 0.311 e. The molecule has 1 aliphatic rings. The van der Waals surface area contributed by atoms with Gasteiger partial charge in [0, 0.05) is 17.7 Å². The van der Waals surface area contributed by atoms with Gasteiger partial charge in [0.15, 0.2) is 5.75 Å². The van der Waals surface area contributed by atoms with E-state index in [4.69, 9.17) is 4.74 Å². The number of benzene rings is 2. The van der Waals surface area contributed by atoms with Gasteiger partial charge in [-0.3, -0.25) is 10.1 Å². The number of ether oxygens (including phenoxy) is 1. The number of phenols is 1. The Bertz CT molecular complexity index is 807. The van der Waals surface area contributed by atoms with E-state index in [9.17, 15) is 20.3 Å². The van der Waals surface area contributed by atoms with Crippen molar-refractivity contribution in [2.24, 2.45) is 0 Å². The van der Waals surface area contributed by atoms with Gasteiger partial charge < -0.3 is 20.3 Å². The molecule has 2 aromatic rings. The molecule has 138 valence electrons. The number of nitro benzene ring substituents is 1. The Kier molecular flexibility index (Phi) is 4.84. The number of rotatable bonds is 5. The molecule has 0 amide bonds. The molecule has 3 N–H and O–H groups in total. The summed E-state index contributed by atoms with van der Waals surface area (Å²) in [5.74, 6) is -0.121. The van der Waals surface area contributed by atoms with Crippen molar-refractivity contribution >= 4 is 5.69 Å². The first kappa shape index (κ1) is 18.2. The summed E-state index contributed by atoms with van der Waals surface area (Å²) in [5.41, 5.74) is 0.307. The van der Waals surface area contributed by atoms with E-state index in [0.717, 1.165) is 12.0 Å². The van der Waals surface area contributed by atoms with Crippen LogP contribution in [0, 0.1) is 10.1 Å². The van der Waals surface area contributed by atoms with E-state index in [-0.39, 0.29) is 0 Å². The van der Waals surface area contributed by atoms with E-state index < -0.39 is 34.1 Å². The third kappa shape index (κ3) is 3.49. The van der Waals surface area contributed by atoms with E-state index >= 15 is 0 Å². The molecule has 0 aromatic heterocycles. The van der Waals surface area contributed by atoms with Crippen LogP contribution in [0.5, 0.6) is 11.5 Å². The molecule has 2 aromatic carbocycles. The maximum Gasteiger partial charge on any atom is 0.311 e. The zero-order valence-electron chi connectivity index (χ0n) is 14.7. The van der Waals surface area contributed by atoms with E-state index in [2.05, 4.69) is 5.32 Å². The van der Waals surface area contributed by atoms with Crippen LogP contribution in [0.4, 0.5) is 5.69 Å². The Morgan fingerprint density at radius 1 is 1.27 bits per heavy atom. The van der Waals surface area contributed by atoms with Crippen LogP contribution in [0.25, 0.3) is 0 Å². The standard InChI is InChI=1S/C19H22N2O5/c1-19(2)18(23)17(20-9-8-12-6-4-3-5-7-12)13-10-14(21(24)25)15(22)11-16(13)26-19/h3-7,10-11,17-18,20,22-23H,8-9H2,1-2H3. The van der Waals surface area contributed by atoms with E-state index in [1.165, 1.54) is 12.1 Å². The molecule has 3 rings (SSSR count). The first-order valence-electron chi connectivity index (χ1n) is 8.45. The molecule has 0 saturated heterocycles. The lowest BCUT2D eigenvalue weighted by molar-refractivity contribution is -0.386. The molecule has 26 heavy (non-hydrogen) atoms. The highest BCUT2D eigenvalue weighted by atomic mass is 16.6. The SMILES string of the molecule is CC1(C)Oc2cc(O)c([N+](=O)[O-])cc2C(NCCc2ccccc2)C1O. The summed E-state index contributed by atoms with van der Waals surface area (Å²) < 4.78 is 5.77. The second-order valence-electron chi connectivity index (χ2n) is 6.95. The maximum absolute atomic E-state index is 11.1. The number of aliphatic hydroxyl groups is 1. The molecule has 1 heterocycles. The summed E-state index contributed by atoms with van der Waals surface area (Å²) in [6.07, 6.45) is -0.157. The van der Waals surface area contributed by atoms with Gasteiger partial charge in [-0.2, -0.15) is 0 Å². The minimum Gasteiger partial charge on any atom is -0.502 e. The molecular formula is C19H22N2O5. The van der Waals surface area contributed by atoms with E-state index in [1.54, 1.807) is 13.8 Å². The Hall–Kier alpha value is -2.64. The summed E-state index contributed by atoms with van der Waals surface area (Å²) in [5, 5.41) is 35.0. The summed E-state index contributed by atoms with van der Waals surface area (Å²) >= 11 is 0. The van der Waals surface area contributed by atoms with Crippen molar-refractivity contribution in [2.75, 3.05) is 6.54 Å². The lowest BCUT2D eigenvalue weighted by Crippen LogP contribution is -2.52. The van der Waals surface area contributed by atoms with Gasteiger partial charge >= 0.3 is 5.69 Å². The lowest BCUT2D eigenvalue weighted by Gasteiger charge is -2.42. The van der Waals surface area contributed by atoms with Crippen LogP contribution in [0.1, 0.15) is 31.0 Å². The van der Waals surface area contributed by atoms with Crippen molar-refractivity contribution in [1.29, 1.82) is 0 Å². The van der Waals surface area contributed by atoms with Crippen LogP contribution < -0.4 is 10.1 Å². The zero-order chi connectivity index (χ0) is 18.9. The van der Waals surface area contributed by atoms with Crippen LogP contribution >= 0.6 is 0 Å². The van der Waals surface area contributed by atoms with Crippen molar-refractivity contribution in [2.45, 2.75) is 38.0 Å². The number of hydrogen-bond acceptors (Lipinski definition) is 6. The van der Waals surface area contributed by atoms with Crippen LogP contribution in [0.15, 0.2) is 42.5 Å². The van der Waals surface area contributed by atoms with Gasteiger partial charge in [0.1, 0.15) is 17.5 Å². The number of fused-ring (bicyclic) bond motifs is 1. The number of nitrogens with one attached hydrogen (secondary N) is 1. The Morgan fingerprint density at radius 3 is 2.62 bits per heavy atom. The molecule has 2 unspecified atom stereocenters. The number of phenolic OH excluding ortho intramolecular Hbond substituents is 1. The monoisotopic (exact) mass is 358 g/mol. The first-order chi connectivity index (χ1) is 12.3. The lowest BCUT2D eigenvalue weighted by atomic mass is 9.86. The van der Waals surface area contributed by atoms with Gasteiger partial charge in [0.05, 0.1) is 11.0 Å². The van der Waals surface area contributed by atoms with Gasteiger partial charge in [0.25, 0.3) is 0 Å². The van der Waals surface area contributed by atoms with Crippen molar-refractivity contribution in [1.82, 2.24) is 5.32 Å². The third-order valence-electron chi connectivity index (χ3n) is 4.66. The topological polar surface area (TPSA) is 105 Å². The number of nitrogens with zero attached hydrogens (tertiary/aromatic N) is 1. The predicted octanol–water partition coefficient (Wildman–Crippen LogP) is 2.71. The summed E-state index contributed by atoms with van der Waals surface area (Å²) in [6, 6.07) is 11.9. The number of aliphatic hydroxyl groups excluding tert-OH is 1. The Labute approximate surface area is 151 Å². The summed E-state index contributed by atoms with van der Waals surface area (Å²) in [4.78, 5) is 10.5. The van der Waals surface area contributed by atoms with Crippen molar-refractivity contribution < 1.29 is 19.9 Å². The van der Waals surface area contributed by atoms with Crippen molar-refractivity contribution in [3.8, 4) is 11.5 Å². The third-order valence-corrected chi connectivity index (χ3v) is 4.66. The van der Waals surface area contributed by atoms with Gasteiger partial charge in [-0.1, -0.05) is 30.3 Å². The fourth-order valence-corrected chi connectivity index (χ4v) is 3.20. The summed E-state index contributed by atoms with van der Waals surface area (Å²) in [7, 11) is 0. The second kappa shape index (κ2) is 6.93. The number of aromatic hydroxyl groups is 1. The molecule has 1 aliphatic heterocycles. The van der Waals surface area contributed by atoms with Crippen molar-refractivity contribution in [3.05, 3.63) is 63.7 Å². The number of hydrogen-bond donors (Lipinski definition) is 3. The van der Waals surface area contributed by atoms with E-state index in [0.29, 0.717) is 17.9 Å². The highest BCUT2D eigenvalue weighted by Gasteiger charge is 2.43. The van der Waals surface area contributed by atoms with Crippen LogP contribution in [0.3, 0.4) is 0 Å². The Morgan fingerprint density at radius 2 is 1.96 bits per heavy atom. The predicted molar refractivity (Wildman–Crippen MR) is 96.4 cm³/mol. The molecule has 0 fully saturated rings. The maximum atomic E-state index is 11.1. The van der Waals surface area contributed by atoms with Gasteiger partial charge in [-0.25, -0.2) is 0 Å². The average Bonchev–Trinajstić information content (AvgIpc) is 2.58. The van der Waals surface area contributed by atoms with Gasteiger partial charge in [0.2, 0.25) is 0 Å². The Balaban J connectivity index is 1.88. The molecule has 7 heteroatoms. The van der Waals surface area contributed by atoms with Crippen LogP contribution in [0.2, 0.25) is 0 Å². The normalized spacial score (nSPS) is 20.9. The molecular weight excluding hydrogens is 336 g/mol. The van der Waals surface area contributed by atoms with Gasteiger partial charge in [-0.15, -0.1) is 0 Å². The highest BCUT2D eigenvalue weighted by Crippen LogP contribution is 2.44. The number of nitro groups is 1. The zero-order valence-corrected chi connectivity index (χ0v) is 14.7. The molecule has 0 spiro atoms. The van der Waals surface area contributed by atoms with Crippen LogP contribution in [-0.4, -0.2) is 33.4 Å². The molecule has 0 saturated carbocycles. The summed E-state index contributed by atoms with van der Waals surface area (Å²) in [6.45, 7) is 4.06. The fourth-order valence-electron chi connectivity index (χ4n) is 3.20. The second-order valence-corrected chi connectivity index (χ2v) is 6.95. The average molecular weight is 358 g/mol. The minimum absolute atomic E-state index is 0.334. The van der Waals surface area contributed by atoms with Crippen LogP contribution in [-0.2, 0) is 6.42 Å². The molecule has 0 bridgehead atoms. The van der Waals surface area contributed by atoms with Crippen molar-refractivity contribution in [3.63, 3.8) is 0 Å². The fraction of sp³-hybridized carbons (Fsp3) is 0.368. The highest BCUT2D eigenvalue weighted by molar-refractivity contribution is 5.56. The van der Waals surface area contributed by atoms with E-state index in [1.807, 2.05) is 30.3 Å².